The first-order valence-electron chi connectivity index (χ1n) is 7.06. The van der Waals surface area contributed by atoms with Crippen LogP contribution >= 0.6 is 0 Å². The summed E-state index contributed by atoms with van der Waals surface area (Å²) in [5.74, 6) is 1.06. The maximum atomic E-state index is 12.7. The molecule has 1 aliphatic rings. The van der Waals surface area contributed by atoms with Crippen LogP contribution in [0.1, 0.15) is 37.6 Å². The average molecular weight is 276 g/mol. The fourth-order valence-electron chi connectivity index (χ4n) is 2.76. The van der Waals surface area contributed by atoms with Crippen LogP contribution in [-0.4, -0.2) is 31.0 Å². The first-order chi connectivity index (χ1) is 9.34. The summed E-state index contributed by atoms with van der Waals surface area (Å²) in [6, 6.07) is 5.32. The van der Waals surface area contributed by atoms with Gasteiger partial charge in [-0.2, -0.15) is 0 Å². The van der Waals surface area contributed by atoms with E-state index >= 15 is 0 Å². The molecule has 4 nitrogen and oxygen atoms in total. The monoisotopic (exact) mass is 276 g/mol. The molecule has 110 valence electrons. The number of carbonyl (C=O) groups excluding carboxylic acids is 1. The summed E-state index contributed by atoms with van der Waals surface area (Å²) in [6.45, 7) is 8.26. The molecule has 20 heavy (non-hydrogen) atoms. The van der Waals surface area contributed by atoms with Crippen molar-refractivity contribution in [2.24, 2.45) is 11.3 Å². The Hall–Kier alpha value is -1.71. The number of hydrogen-bond donors (Lipinski definition) is 1. The summed E-state index contributed by atoms with van der Waals surface area (Å²) in [5, 5.41) is 0. The SMILES string of the molecule is COc1cccc(N)c1C(=O)N1CCC(C(C)(C)C)C1. The van der Waals surface area contributed by atoms with Crippen LogP contribution in [0, 0.1) is 11.3 Å². The quantitative estimate of drug-likeness (QED) is 0.845. The number of nitrogen functional groups attached to an aromatic ring is 1. The van der Waals surface area contributed by atoms with Crippen molar-refractivity contribution in [3.63, 3.8) is 0 Å². The Morgan fingerprint density at radius 3 is 2.65 bits per heavy atom. The van der Waals surface area contributed by atoms with Crippen LogP contribution in [0.15, 0.2) is 18.2 Å². The molecular weight excluding hydrogens is 252 g/mol. The number of ether oxygens (including phenoxy) is 1. The molecule has 1 fully saturated rings. The predicted octanol–water partition coefficient (Wildman–Crippen LogP) is 2.79. The van der Waals surface area contributed by atoms with Crippen molar-refractivity contribution >= 4 is 11.6 Å². The van der Waals surface area contributed by atoms with Gasteiger partial charge in [0.1, 0.15) is 11.3 Å². The number of carbonyl (C=O) groups is 1. The number of nitrogens with two attached hydrogens (primary N) is 1. The van der Waals surface area contributed by atoms with Gasteiger partial charge in [-0.3, -0.25) is 4.79 Å². The predicted molar refractivity (Wildman–Crippen MR) is 80.9 cm³/mol. The third-order valence-corrected chi connectivity index (χ3v) is 4.19. The van der Waals surface area contributed by atoms with E-state index < -0.39 is 0 Å². The van der Waals surface area contributed by atoms with Gasteiger partial charge in [0.05, 0.1) is 7.11 Å². The third kappa shape index (κ3) is 2.74. The molecule has 2 rings (SSSR count). The van der Waals surface area contributed by atoms with Gasteiger partial charge < -0.3 is 15.4 Å². The molecule has 0 aromatic heterocycles. The van der Waals surface area contributed by atoms with Crippen LogP contribution < -0.4 is 10.5 Å². The number of benzene rings is 1. The fourth-order valence-corrected chi connectivity index (χ4v) is 2.76. The second-order valence-corrected chi connectivity index (χ2v) is 6.53. The number of rotatable bonds is 2. The van der Waals surface area contributed by atoms with Gasteiger partial charge >= 0.3 is 0 Å². The minimum Gasteiger partial charge on any atom is -0.496 e. The number of methoxy groups -OCH3 is 1. The lowest BCUT2D eigenvalue weighted by Crippen LogP contribution is -2.31. The van der Waals surface area contributed by atoms with E-state index in [1.54, 1.807) is 25.3 Å². The van der Waals surface area contributed by atoms with E-state index in [-0.39, 0.29) is 11.3 Å². The highest BCUT2D eigenvalue weighted by Gasteiger charge is 2.35. The number of hydrogen-bond acceptors (Lipinski definition) is 3. The van der Waals surface area contributed by atoms with Gasteiger partial charge in [0.15, 0.2) is 0 Å². The Morgan fingerprint density at radius 1 is 1.40 bits per heavy atom. The van der Waals surface area contributed by atoms with E-state index in [2.05, 4.69) is 20.8 Å². The van der Waals surface area contributed by atoms with Crippen molar-refractivity contribution < 1.29 is 9.53 Å². The van der Waals surface area contributed by atoms with Crippen molar-refractivity contribution in [3.8, 4) is 5.75 Å². The van der Waals surface area contributed by atoms with Crippen LogP contribution in [0.25, 0.3) is 0 Å². The normalized spacial score (nSPS) is 19.2. The molecule has 1 amide bonds. The Morgan fingerprint density at radius 2 is 2.10 bits per heavy atom. The van der Waals surface area contributed by atoms with E-state index in [9.17, 15) is 4.79 Å². The van der Waals surface area contributed by atoms with Crippen LogP contribution in [0.2, 0.25) is 0 Å². The maximum absolute atomic E-state index is 12.7. The van der Waals surface area contributed by atoms with E-state index in [1.165, 1.54) is 0 Å². The molecule has 1 aliphatic heterocycles. The van der Waals surface area contributed by atoms with Gasteiger partial charge in [-0.15, -0.1) is 0 Å². The van der Waals surface area contributed by atoms with E-state index in [1.807, 2.05) is 4.90 Å². The molecule has 1 aromatic carbocycles. The molecule has 0 spiro atoms. The highest BCUT2D eigenvalue weighted by Crippen LogP contribution is 2.35. The summed E-state index contributed by atoms with van der Waals surface area (Å²) in [5.41, 5.74) is 7.15. The summed E-state index contributed by atoms with van der Waals surface area (Å²) in [7, 11) is 1.56. The molecule has 1 aromatic rings. The van der Waals surface area contributed by atoms with E-state index in [4.69, 9.17) is 10.5 Å². The first-order valence-corrected chi connectivity index (χ1v) is 7.06. The molecule has 4 heteroatoms. The van der Waals surface area contributed by atoms with Gasteiger partial charge in [0, 0.05) is 18.8 Å². The third-order valence-electron chi connectivity index (χ3n) is 4.19. The second kappa shape index (κ2) is 5.35. The molecule has 1 atom stereocenters. The number of likely N-dealkylation sites (tertiary alicyclic amines) is 1. The zero-order chi connectivity index (χ0) is 14.9. The topological polar surface area (TPSA) is 55.6 Å². The Labute approximate surface area is 120 Å². The molecular formula is C16H24N2O2. The minimum absolute atomic E-state index is 0.0216. The first kappa shape index (κ1) is 14.7. The Balaban J connectivity index is 2.22. The van der Waals surface area contributed by atoms with Crippen molar-refractivity contribution in [2.45, 2.75) is 27.2 Å². The molecule has 0 radical (unpaired) electrons. The number of nitrogens with zero attached hydrogens (tertiary/aromatic N) is 1. The molecule has 0 saturated carbocycles. The van der Waals surface area contributed by atoms with Crippen LogP contribution in [0.5, 0.6) is 5.75 Å². The highest BCUT2D eigenvalue weighted by atomic mass is 16.5. The summed E-state index contributed by atoms with van der Waals surface area (Å²) < 4.78 is 5.27. The minimum atomic E-state index is -0.0216. The lowest BCUT2D eigenvalue weighted by molar-refractivity contribution is 0.0774. The van der Waals surface area contributed by atoms with Gasteiger partial charge in [0.25, 0.3) is 5.91 Å². The molecule has 0 bridgehead atoms. The van der Waals surface area contributed by atoms with Gasteiger partial charge in [0.2, 0.25) is 0 Å². The Bertz CT molecular complexity index is 506. The summed E-state index contributed by atoms with van der Waals surface area (Å²) >= 11 is 0. The molecule has 1 saturated heterocycles. The second-order valence-electron chi connectivity index (χ2n) is 6.53. The van der Waals surface area contributed by atoms with Crippen LogP contribution in [-0.2, 0) is 0 Å². The molecule has 1 unspecified atom stereocenters. The standard InChI is InChI=1S/C16H24N2O2/c1-16(2,3)11-8-9-18(10-11)15(19)14-12(17)6-5-7-13(14)20-4/h5-7,11H,8-10,17H2,1-4H3. The van der Waals surface area contributed by atoms with Crippen molar-refractivity contribution in [1.29, 1.82) is 0 Å². The lowest BCUT2D eigenvalue weighted by Gasteiger charge is -2.27. The average Bonchev–Trinajstić information content (AvgIpc) is 2.87. The smallest absolute Gasteiger partial charge is 0.259 e. The fraction of sp³-hybridized carbons (Fsp3) is 0.562. The van der Waals surface area contributed by atoms with Crippen molar-refractivity contribution in [2.75, 3.05) is 25.9 Å². The largest absolute Gasteiger partial charge is 0.496 e. The summed E-state index contributed by atoms with van der Waals surface area (Å²) in [4.78, 5) is 14.6. The van der Waals surface area contributed by atoms with Crippen molar-refractivity contribution in [1.82, 2.24) is 4.90 Å². The van der Waals surface area contributed by atoms with Crippen LogP contribution in [0.4, 0.5) is 5.69 Å². The summed E-state index contributed by atoms with van der Waals surface area (Å²) in [6.07, 6.45) is 1.05. The van der Waals surface area contributed by atoms with Crippen LogP contribution in [0.3, 0.4) is 0 Å². The lowest BCUT2D eigenvalue weighted by atomic mass is 9.80. The van der Waals surface area contributed by atoms with Gasteiger partial charge in [-0.25, -0.2) is 0 Å². The maximum Gasteiger partial charge on any atom is 0.259 e. The Kier molecular flexibility index (Phi) is 3.93. The molecule has 2 N–H and O–H groups in total. The zero-order valence-corrected chi connectivity index (χ0v) is 12.8. The highest BCUT2D eigenvalue weighted by molar-refractivity contribution is 6.02. The van der Waals surface area contributed by atoms with E-state index in [0.717, 1.165) is 19.5 Å². The zero-order valence-electron chi connectivity index (χ0n) is 12.8. The number of amides is 1. The number of anilines is 1. The molecule has 1 heterocycles. The van der Waals surface area contributed by atoms with Crippen molar-refractivity contribution in [3.05, 3.63) is 23.8 Å². The van der Waals surface area contributed by atoms with Gasteiger partial charge in [-0.1, -0.05) is 26.8 Å². The van der Waals surface area contributed by atoms with E-state index in [0.29, 0.717) is 22.9 Å². The van der Waals surface area contributed by atoms with Gasteiger partial charge in [-0.05, 0) is 29.9 Å². The molecule has 0 aliphatic carbocycles.